The lowest BCUT2D eigenvalue weighted by Gasteiger charge is -2.28. The summed E-state index contributed by atoms with van der Waals surface area (Å²) < 4.78 is 28.7. The molecule has 7 heteroatoms. The number of halogens is 2. The Bertz CT molecular complexity index is 842. The van der Waals surface area contributed by atoms with Gasteiger partial charge >= 0.3 is 0 Å². The van der Waals surface area contributed by atoms with Crippen LogP contribution in [-0.2, 0) is 6.42 Å². The predicted molar refractivity (Wildman–Crippen MR) is 94.1 cm³/mol. The van der Waals surface area contributed by atoms with Crippen LogP contribution in [0.25, 0.3) is 0 Å². The van der Waals surface area contributed by atoms with Gasteiger partial charge in [0.05, 0.1) is 11.0 Å². The van der Waals surface area contributed by atoms with Crippen LogP contribution in [0.4, 0.5) is 14.5 Å². The van der Waals surface area contributed by atoms with Gasteiger partial charge in [-0.25, -0.2) is 8.78 Å². The summed E-state index contributed by atoms with van der Waals surface area (Å²) in [5.74, 6) is -0.360. The highest BCUT2D eigenvalue weighted by molar-refractivity contribution is 7.99. The van der Waals surface area contributed by atoms with Crippen molar-refractivity contribution in [1.29, 1.82) is 0 Å². The number of nitro groups is 1. The van der Waals surface area contributed by atoms with E-state index in [4.69, 9.17) is 0 Å². The van der Waals surface area contributed by atoms with Crippen molar-refractivity contribution in [2.24, 2.45) is 0 Å². The number of benzene rings is 2. The first-order valence-electron chi connectivity index (χ1n) is 8.06. The highest BCUT2D eigenvalue weighted by atomic mass is 32.2. The van der Waals surface area contributed by atoms with E-state index in [9.17, 15) is 14.5 Å². The molecule has 0 saturated carbocycles. The average Bonchev–Trinajstić information content (AvgIpc) is 2.57. The van der Waals surface area contributed by atoms with E-state index in [1.54, 1.807) is 13.0 Å². The van der Waals surface area contributed by atoms with Crippen molar-refractivity contribution in [2.75, 3.05) is 12.3 Å². The number of nitro benzene ring substituents is 1. The first-order chi connectivity index (χ1) is 11.9. The van der Waals surface area contributed by atoms with Crippen molar-refractivity contribution >= 4 is 17.4 Å². The fourth-order valence-electron chi connectivity index (χ4n) is 3.30. The molecule has 1 aliphatic heterocycles. The van der Waals surface area contributed by atoms with Crippen LogP contribution in [-0.4, -0.2) is 17.2 Å². The Labute approximate surface area is 148 Å². The Morgan fingerprint density at radius 3 is 2.76 bits per heavy atom. The summed E-state index contributed by atoms with van der Waals surface area (Å²) in [6.45, 7) is 4.04. The van der Waals surface area contributed by atoms with Crippen LogP contribution < -0.4 is 5.32 Å². The van der Waals surface area contributed by atoms with E-state index >= 15 is 4.39 Å². The molecule has 1 atom stereocenters. The molecule has 0 fully saturated rings. The highest BCUT2D eigenvalue weighted by Crippen LogP contribution is 2.40. The molecule has 1 unspecified atom stereocenters. The van der Waals surface area contributed by atoms with E-state index in [1.165, 1.54) is 18.2 Å². The first kappa shape index (κ1) is 17.8. The Morgan fingerprint density at radius 2 is 2.08 bits per heavy atom. The van der Waals surface area contributed by atoms with Gasteiger partial charge in [0, 0.05) is 17.7 Å². The number of fused-ring (bicyclic) bond motifs is 1. The van der Waals surface area contributed by atoms with Gasteiger partial charge in [-0.05, 0) is 48.4 Å². The van der Waals surface area contributed by atoms with Gasteiger partial charge in [-0.2, -0.15) is 0 Å². The molecule has 3 rings (SSSR count). The van der Waals surface area contributed by atoms with Crippen LogP contribution in [0.1, 0.15) is 35.2 Å². The number of hydrogen-bond acceptors (Lipinski definition) is 4. The molecular weight excluding hydrogens is 346 g/mol. The van der Waals surface area contributed by atoms with Crippen LogP contribution in [0.5, 0.6) is 0 Å². The normalized spacial score (nSPS) is 16.6. The van der Waals surface area contributed by atoms with Crippen molar-refractivity contribution in [2.45, 2.75) is 31.2 Å². The molecule has 25 heavy (non-hydrogen) atoms. The number of nitrogens with one attached hydrogen (secondary N) is 1. The molecule has 2 aromatic rings. The number of rotatable bonds is 4. The second-order valence-corrected chi connectivity index (χ2v) is 7.22. The van der Waals surface area contributed by atoms with Crippen molar-refractivity contribution in [1.82, 2.24) is 5.32 Å². The third kappa shape index (κ3) is 3.26. The van der Waals surface area contributed by atoms with Crippen LogP contribution in [0, 0.1) is 28.7 Å². The van der Waals surface area contributed by atoms with Crippen molar-refractivity contribution in [3.8, 4) is 0 Å². The molecule has 0 spiro atoms. The molecule has 0 aromatic heterocycles. The molecule has 2 aromatic carbocycles. The average molecular weight is 364 g/mol. The molecule has 1 heterocycles. The van der Waals surface area contributed by atoms with Crippen molar-refractivity contribution in [3.05, 3.63) is 68.3 Å². The van der Waals surface area contributed by atoms with Gasteiger partial charge in [0.2, 0.25) is 0 Å². The maximum absolute atomic E-state index is 15.2. The van der Waals surface area contributed by atoms with Gasteiger partial charge in [0.1, 0.15) is 16.5 Å². The minimum Gasteiger partial charge on any atom is -0.306 e. The molecule has 4 nitrogen and oxygen atoms in total. The van der Waals surface area contributed by atoms with Crippen LogP contribution in [0.2, 0.25) is 0 Å². The lowest BCUT2D eigenvalue weighted by Crippen LogP contribution is -2.31. The third-order valence-electron chi connectivity index (χ3n) is 4.35. The number of aryl methyl sites for hydroxylation is 1. The molecule has 132 valence electrons. The fraction of sp³-hybridized carbons (Fsp3) is 0.333. The second kappa shape index (κ2) is 7.09. The van der Waals surface area contributed by atoms with Gasteiger partial charge in [0.25, 0.3) is 5.69 Å². The summed E-state index contributed by atoms with van der Waals surface area (Å²) in [6.07, 6.45) is 0.660. The van der Waals surface area contributed by atoms with Crippen LogP contribution >= 0.6 is 11.8 Å². The summed E-state index contributed by atoms with van der Waals surface area (Å²) >= 11 is 1.13. The Balaban J connectivity index is 2.18. The van der Waals surface area contributed by atoms with E-state index in [-0.39, 0.29) is 16.4 Å². The maximum atomic E-state index is 15.2. The minimum absolute atomic E-state index is 0.0681. The number of thioether (sulfide) groups is 1. The molecular formula is C18H18F2N2O2S. The van der Waals surface area contributed by atoms with Gasteiger partial charge in [0.15, 0.2) is 0 Å². The predicted octanol–water partition coefficient (Wildman–Crippen LogP) is 4.53. The smallest absolute Gasteiger partial charge is 0.288 e. The standard InChI is InChI=1S/C18H18F2N2O2S/c1-3-25-18-15(20)14(8-10(2)17(18)22(23)24)16-13-5-4-12(19)9-11(13)6-7-21-16/h4-5,8-9,16,21H,3,6-7H2,1-2H3. The summed E-state index contributed by atoms with van der Waals surface area (Å²) in [6, 6.07) is 5.57. The van der Waals surface area contributed by atoms with Crippen LogP contribution in [0.3, 0.4) is 0 Å². The zero-order chi connectivity index (χ0) is 18.1. The Morgan fingerprint density at radius 1 is 1.32 bits per heavy atom. The molecule has 0 bridgehead atoms. The molecule has 1 aliphatic rings. The van der Waals surface area contributed by atoms with E-state index in [1.807, 2.05) is 6.92 Å². The highest BCUT2D eigenvalue weighted by Gasteiger charge is 2.30. The summed E-state index contributed by atoms with van der Waals surface area (Å²) in [7, 11) is 0. The van der Waals surface area contributed by atoms with Crippen molar-refractivity contribution in [3.63, 3.8) is 0 Å². The first-order valence-corrected chi connectivity index (χ1v) is 9.04. The number of nitrogens with zero attached hydrogens (tertiary/aromatic N) is 1. The van der Waals surface area contributed by atoms with Gasteiger partial charge in [-0.1, -0.05) is 13.0 Å². The Kier molecular flexibility index (Phi) is 5.06. The molecule has 0 amide bonds. The van der Waals surface area contributed by atoms with Gasteiger partial charge < -0.3 is 5.32 Å². The third-order valence-corrected chi connectivity index (χ3v) is 5.30. The van der Waals surface area contributed by atoms with Gasteiger partial charge in [-0.15, -0.1) is 11.8 Å². The SMILES string of the molecule is CCSc1c(F)c(C2NCCc3cc(F)ccc32)cc(C)c1[N+](=O)[O-]. The summed E-state index contributed by atoms with van der Waals surface area (Å²) in [4.78, 5) is 10.9. The zero-order valence-electron chi connectivity index (χ0n) is 13.9. The maximum Gasteiger partial charge on any atom is 0.288 e. The van der Waals surface area contributed by atoms with E-state index in [2.05, 4.69) is 5.32 Å². The lowest BCUT2D eigenvalue weighted by atomic mass is 9.88. The number of hydrogen-bond donors (Lipinski definition) is 1. The van der Waals surface area contributed by atoms with Crippen LogP contribution in [0.15, 0.2) is 29.2 Å². The monoisotopic (exact) mass is 364 g/mol. The van der Waals surface area contributed by atoms with Crippen molar-refractivity contribution < 1.29 is 13.7 Å². The lowest BCUT2D eigenvalue weighted by molar-refractivity contribution is -0.388. The minimum atomic E-state index is -0.571. The van der Waals surface area contributed by atoms with E-state index in [0.717, 1.165) is 22.9 Å². The molecule has 1 N–H and O–H groups in total. The summed E-state index contributed by atoms with van der Waals surface area (Å²) in [5.41, 5.74) is 2.26. The molecule has 0 radical (unpaired) electrons. The topological polar surface area (TPSA) is 55.2 Å². The second-order valence-electron chi connectivity index (χ2n) is 5.94. The quantitative estimate of drug-likeness (QED) is 0.492. The van der Waals surface area contributed by atoms with E-state index < -0.39 is 16.8 Å². The fourth-order valence-corrected chi connectivity index (χ4v) is 4.21. The van der Waals surface area contributed by atoms with Gasteiger partial charge in [-0.3, -0.25) is 10.1 Å². The molecule has 0 saturated heterocycles. The Hall–Kier alpha value is -1.99. The summed E-state index contributed by atoms with van der Waals surface area (Å²) in [5, 5.41) is 14.6. The largest absolute Gasteiger partial charge is 0.306 e. The molecule has 0 aliphatic carbocycles. The van der Waals surface area contributed by atoms with E-state index in [0.29, 0.717) is 29.8 Å². The zero-order valence-corrected chi connectivity index (χ0v) is 14.8.